The molecule has 0 saturated heterocycles. The molecule has 3 nitrogen and oxygen atoms in total. The second-order valence-electron chi connectivity index (χ2n) is 4.47. The van der Waals surface area contributed by atoms with Gasteiger partial charge in [-0.15, -0.1) is 0 Å². The molecule has 2 aromatic rings. The fourth-order valence-electron chi connectivity index (χ4n) is 1.90. The number of alkyl halides is 3. The number of hydrogen-bond acceptors (Lipinski definition) is 3. The van der Waals surface area contributed by atoms with Crippen LogP contribution in [0.1, 0.15) is 17.2 Å². The van der Waals surface area contributed by atoms with Crippen molar-refractivity contribution in [2.24, 2.45) is 0 Å². The van der Waals surface area contributed by atoms with Crippen LogP contribution in [0.5, 0.6) is 5.75 Å². The number of esters is 1. The summed E-state index contributed by atoms with van der Waals surface area (Å²) in [5.41, 5.74) is -0.766. The van der Waals surface area contributed by atoms with Crippen molar-refractivity contribution in [2.75, 3.05) is 7.11 Å². The first-order valence-electron chi connectivity index (χ1n) is 6.38. The molecule has 1 atom stereocenters. The lowest BCUT2D eigenvalue weighted by Gasteiger charge is -2.16. The predicted octanol–water partition coefficient (Wildman–Crippen LogP) is 4.00. The number of benzene rings is 2. The van der Waals surface area contributed by atoms with Crippen molar-refractivity contribution in [3.05, 3.63) is 65.7 Å². The lowest BCUT2D eigenvalue weighted by atomic mass is 10.1. The molecule has 6 heteroatoms. The molecular weight excluding hydrogens is 297 g/mol. The molecule has 0 aliphatic rings. The summed E-state index contributed by atoms with van der Waals surface area (Å²) in [4.78, 5) is 12.1. The molecule has 2 rings (SSSR count). The van der Waals surface area contributed by atoms with Crippen LogP contribution in [-0.2, 0) is 15.7 Å². The monoisotopic (exact) mass is 310 g/mol. The molecule has 0 spiro atoms. The molecular formula is C16H13F3O3. The summed E-state index contributed by atoms with van der Waals surface area (Å²) in [6, 6.07) is 12.6. The zero-order valence-electron chi connectivity index (χ0n) is 11.6. The molecule has 0 saturated carbocycles. The van der Waals surface area contributed by atoms with E-state index < -0.39 is 23.8 Å². The van der Waals surface area contributed by atoms with E-state index in [4.69, 9.17) is 9.47 Å². The highest BCUT2D eigenvalue weighted by Gasteiger charge is 2.32. The van der Waals surface area contributed by atoms with Crippen molar-refractivity contribution in [1.29, 1.82) is 0 Å². The molecule has 0 aliphatic carbocycles. The molecule has 0 aliphatic heterocycles. The van der Waals surface area contributed by atoms with Crippen LogP contribution in [0.2, 0.25) is 0 Å². The lowest BCUT2D eigenvalue weighted by Crippen LogP contribution is -2.21. The zero-order valence-corrected chi connectivity index (χ0v) is 11.6. The summed E-state index contributed by atoms with van der Waals surface area (Å²) in [6.45, 7) is 0. The van der Waals surface area contributed by atoms with Gasteiger partial charge in [0.1, 0.15) is 5.75 Å². The lowest BCUT2D eigenvalue weighted by molar-refractivity contribution is -0.146. The Morgan fingerprint density at radius 2 is 1.73 bits per heavy atom. The van der Waals surface area contributed by atoms with Crippen LogP contribution in [0.15, 0.2) is 54.6 Å². The fraction of sp³-hybridized carbons (Fsp3) is 0.188. The van der Waals surface area contributed by atoms with E-state index in [0.29, 0.717) is 5.75 Å². The van der Waals surface area contributed by atoms with Crippen LogP contribution >= 0.6 is 0 Å². The minimum atomic E-state index is -4.49. The average molecular weight is 310 g/mol. The smallest absolute Gasteiger partial charge is 0.416 e. The van der Waals surface area contributed by atoms with Gasteiger partial charge in [0.25, 0.3) is 0 Å². The third kappa shape index (κ3) is 3.85. The van der Waals surface area contributed by atoms with E-state index in [2.05, 4.69) is 0 Å². The highest BCUT2D eigenvalue weighted by Crippen LogP contribution is 2.31. The first-order valence-corrected chi connectivity index (χ1v) is 6.38. The van der Waals surface area contributed by atoms with Crippen molar-refractivity contribution in [2.45, 2.75) is 12.3 Å². The van der Waals surface area contributed by atoms with Gasteiger partial charge in [-0.05, 0) is 29.8 Å². The molecule has 0 amide bonds. The number of halogens is 3. The molecule has 0 aromatic heterocycles. The molecule has 0 heterocycles. The van der Waals surface area contributed by atoms with Crippen molar-refractivity contribution < 1.29 is 27.4 Å². The van der Waals surface area contributed by atoms with Crippen LogP contribution in [-0.4, -0.2) is 13.1 Å². The topological polar surface area (TPSA) is 35.5 Å². The molecule has 0 N–H and O–H groups in total. The molecule has 2 aromatic carbocycles. The second-order valence-corrected chi connectivity index (χ2v) is 4.47. The van der Waals surface area contributed by atoms with E-state index in [1.165, 1.54) is 19.2 Å². The number of hydrogen-bond donors (Lipinski definition) is 0. The van der Waals surface area contributed by atoms with Crippen molar-refractivity contribution >= 4 is 5.97 Å². The number of para-hydroxylation sites is 1. The standard InChI is InChI=1S/C16H13F3O3/c1-21-14(15(20)22-13-8-3-2-4-9-13)11-6-5-7-12(10-11)16(17,18)19/h2-10,14H,1H3. The zero-order chi connectivity index (χ0) is 16.2. The Kier molecular flexibility index (Phi) is 4.82. The minimum absolute atomic E-state index is 0.0817. The van der Waals surface area contributed by atoms with Gasteiger partial charge in [-0.3, -0.25) is 0 Å². The van der Waals surface area contributed by atoms with Crippen molar-refractivity contribution in [3.63, 3.8) is 0 Å². The van der Waals surface area contributed by atoms with Crippen LogP contribution in [0, 0.1) is 0 Å². The Labute approximate surface area is 125 Å². The maximum absolute atomic E-state index is 12.7. The van der Waals surface area contributed by atoms with Gasteiger partial charge in [0.05, 0.1) is 5.56 Å². The number of rotatable bonds is 4. The summed E-state index contributed by atoms with van der Waals surface area (Å²) < 4.78 is 48.3. The number of methoxy groups -OCH3 is 1. The fourth-order valence-corrected chi connectivity index (χ4v) is 1.90. The van der Waals surface area contributed by atoms with Crippen molar-refractivity contribution in [1.82, 2.24) is 0 Å². The molecule has 22 heavy (non-hydrogen) atoms. The van der Waals surface area contributed by atoms with Crippen LogP contribution in [0.3, 0.4) is 0 Å². The maximum atomic E-state index is 12.7. The normalized spacial score (nSPS) is 12.7. The van der Waals surface area contributed by atoms with Gasteiger partial charge < -0.3 is 9.47 Å². The third-order valence-corrected chi connectivity index (χ3v) is 2.93. The van der Waals surface area contributed by atoms with Crippen LogP contribution < -0.4 is 4.74 Å². The van der Waals surface area contributed by atoms with E-state index in [1.54, 1.807) is 30.3 Å². The summed E-state index contributed by atoms with van der Waals surface area (Å²) >= 11 is 0. The first kappa shape index (κ1) is 16.0. The highest BCUT2D eigenvalue weighted by molar-refractivity contribution is 5.79. The first-order chi connectivity index (χ1) is 10.4. The largest absolute Gasteiger partial charge is 0.424 e. The van der Waals surface area contributed by atoms with E-state index in [1.807, 2.05) is 0 Å². The second kappa shape index (κ2) is 6.62. The third-order valence-electron chi connectivity index (χ3n) is 2.93. The van der Waals surface area contributed by atoms with Crippen LogP contribution in [0.4, 0.5) is 13.2 Å². The van der Waals surface area contributed by atoms with Gasteiger partial charge >= 0.3 is 12.1 Å². The molecule has 0 fully saturated rings. The van der Waals surface area contributed by atoms with E-state index in [0.717, 1.165) is 12.1 Å². The molecule has 1 unspecified atom stereocenters. The Morgan fingerprint density at radius 1 is 1.05 bits per heavy atom. The summed E-state index contributed by atoms with van der Waals surface area (Å²) in [5, 5.41) is 0. The number of ether oxygens (including phenoxy) is 2. The molecule has 0 bridgehead atoms. The Hall–Kier alpha value is -2.34. The van der Waals surface area contributed by atoms with Gasteiger partial charge in [0.2, 0.25) is 0 Å². The predicted molar refractivity (Wildman–Crippen MR) is 73.3 cm³/mol. The van der Waals surface area contributed by atoms with E-state index >= 15 is 0 Å². The Bertz CT molecular complexity index is 639. The van der Waals surface area contributed by atoms with Gasteiger partial charge in [-0.2, -0.15) is 13.2 Å². The SMILES string of the molecule is COC(C(=O)Oc1ccccc1)c1cccc(C(F)(F)F)c1. The van der Waals surface area contributed by atoms with Gasteiger partial charge in [0.15, 0.2) is 6.10 Å². The number of carbonyl (C=O) groups excluding carboxylic acids is 1. The molecule has 0 radical (unpaired) electrons. The van der Waals surface area contributed by atoms with E-state index in [-0.39, 0.29) is 5.56 Å². The van der Waals surface area contributed by atoms with Gasteiger partial charge in [0, 0.05) is 7.11 Å². The number of carbonyl (C=O) groups is 1. The van der Waals surface area contributed by atoms with Crippen LogP contribution in [0.25, 0.3) is 0 Å². The minimum Gasteiger partial charge on any atom is -0.424 e. The maximum Gasteiger partial charge on any atom is 0.416 e. The molecule has 116 valence electrons. The Balaban J connectivity index is 2.23. The quantitative estimate of drug-likeness (QED) is 0.632. The Morgan fingerprint density at radius 3 is 2.32 bits per heavy atom. The highest BCUT2D eigenvalue weighted by atomic mass is 19.4. The summed E-state index contributed by atoms with van der Waals surface area (Å²) in [5.74, 6) is -0.491. The van der Waals surface area contributed by atoms with E-state index in [9.17, 15) is 18.0 Å². The van der Waals surface area contributed by atoms with Gasteiger partial charge in [-0.1, -0.05) is 30.3 Å². The summed E-state index contributed by atoms with van der Waals surface area (Å²) in [6.07, 6.45) is -5.72. The van der Waals surface area contributed by atoms with Gasteiger partial charge in [-0.25, -0.2) is 4.79 Å². The summed E-state index contributed by atoms with van der Waals surface area (Å²) in [7, 11) is 1.23. The van der Waals surface area contributed by atoms with Crippen molar-refractivity contribution in [3.8, 4) is 5.75 Å². The average Bonchev–Trinajstić information content (AvgIpc) is 2.48.